The first-order valence-electron chi connectivity index (χ1n) is 13.7. The first-order valence-corrected chi connectivity index (χ1v) is 13.7. The van der Waals surface area contributed by atoms with E-state index in [-0.39, 0.29) is 49.5 Å². The normalized spacial score (nSPS) is 11.3. The molecule has 0 saturated heterocycles. The van der Waals surface area contributed by atoms with E-state index >= 15 is 0 Å². The van der Waals surface area contributed by atoms with Gasteiger partial charge in [0.2, 0.25) is 11.8 Å². The number of esters is 2. The fourth-order valence-electron chi connectivity index (χ4n) is 4.05. The summed E-state index contributed by atoms with van der Waals surface area (Å²) >= 11 is 0. The molecule has 3 amide bonds. The quantitative estimate of drug-likeness (QED) is 0.248. The lowest BCUT2D eigenvalue weighted by Crippen LogP contribution is -2.42. The molecule has 0 aliphatic carbocycles. The molecule has 0 aliphatic heterocycles. The third kappa shape index (κ3) is 9.45. The number of hydrogen-bond acceptors (Lipinski definition) is 11. The van der Waals surface area contributed by atoms with Crippen molar-refractivity contribution in [3.05, 3.63) is 47.8 Å². The Labute approximate surface area is 248 Å². The minimum Gasteiger partial charge on any atom is -0.466 e. The molecule has 0 spiro atoms. The van der Waals surface area contributed by atoms with Gasteiger partial charge in [0.15, 0.2) is 5.82 Å². The number of carbonyl (C=O) groups excluding carboxylic acids is 5. The Hall–Kier alpha value is -5.14. The smallest absolute Gasteiger partial charge is 0.328 e. The maximum Gasteiger partial charge on any atom is 0.328 e. The lowest BCUT2D eigenvalue weighted by molar-refractivity contribution is -0.147. The van der Waals surface area contributed by atoms with E-state index in [1.807, 2.05) is 11.9 Å². The van der Waals surface area contributed by atoms with Crippen molar-refractivity contribution in [3.8, 4) is 0 Å². The van der Waals surface area contributed by atoms with E-state index in [0.29, 0.717) is 28.8 Å². The molecule has 2 aromatic heterocycles. The molecule has 0 saturated carbocycles. The topological polar surface area (TPSA) is 182 Å². The molecule has 3 rings (SSSR count). The van der Waals surface area contributed by atoms with Crippen molar-refractivity contribution in [3.63, 3.8) is 0 Å². The molecule has 228 valence electrons. The average Bonchev–Trinajstić information content (AvgIpc) is 2.95. The van der Waals surface area contributed by atoms with Crippen LogP contribution in [0.15, 0.2) is 36.5 Å². The summed E-state index contributed by atoms with van der Waals surface area (Å²) in [6.07, 6.45) is 1.59. The van der Waals surface area contributed by atoms with Crippen LogP contribution < -0.4 is 20.9 Å². The number of pyridine rings is 1. The summed E-state index contributed by atoms with van der Waals surface area (Å²) in [4.78, 5) is 75.5. The number of fused-ring (bicyclic) bond motifs is 1. The molecule has 1 unspecified atom stereocenters. The lowest BCUT2D eigenvalue weighted by Gasteiger charge is -2.20. The van der Waals surface area contributed by atoms with Crippen LogP contribution in [0.3, 0.4) is 0 Å². The van der Waals surface area contributed by atoms with Gasteiger partial charge in [-0.2, -0.15) is 0 Å². The number of ether oxygens (including phenoxy) is 2. The Kier molecular flexibility index (Phi) is 11.4. The van der Waals surface area contributed by atoms with Crippen molar-refractivity contribution in [2.24, 2.45) is 0 Å². The molecular weight excluding hydrogens is 558 g/mol. The zero-order valence-electron chi connectivity index (χ0n) is 24.7. The van der Waals surface area contributed by atoms with Crippen LogP contribution in [0.1, 0.15) is 56.6 Å². The van der Waals surface area contributed by atoms with Crippen molar-refractivity contribution in [1.29, 1.82) is 0 Å². The first kappa shape index (κ1) is 32.4. The van der Waals surface area contributed by atoms with Gasteiger partial charge in [-0.15, -0.1) is 0 Å². The molecule has 0 radical (unpaired) electrons. The molecule has 3 N–H and O–H groups in total. The summed E-state index contributed by atoms with van der Waals surface area (Å²) in [5, 5.41) is 7.85. The predicted molar refractivity (Wildman–Crippen MR) is 158 cm³/mol. The number of hydrogen-bond donors (Lipinski definition) is 3. The van der Waals surface area contributed by atoms with E-state index in [9.17, 15) is 24.0 Å². The van der Waals surface area contributed by atoms with E-state index in [0.717, 1.165) is 5.69 Å². The third-order valence-corrected chi connectivity index (χ3v) is 5.97. The highest BCUT2D eigenvalue weighted by molar-refractivity contribution is 5.99. The Bertz CT molecular complexity index is 1490. The van der Waals surface area contributed by atoms with Crippen molar-refractivity contribution in [2.75, 3.05) is 35.8 Å². The summed E-state index contributed by atoms with van der Waals surface area (Å²) in [5.41, 5.74) is 2.46. The second kappa shape index (κ2) is 15.2. The Morgan fingerprint density at radius 2 is 1.60 bits per heavy atom. The minimum atomic E-state index is -1.00. The van der Waals surface area contributed by atoms with Gasteiger partial charge in [-0.25, -0.2) is 14.8 Å². The number of anilines is 3. The zero-order valence-corrected chi connectivity index (χ0v) is 24.7. The third-order valence-electron chi connectivity index (χ3n) is 5.97. The monoisotopic (exact) mass is 593 g/mol. The summed E-state index contributed by atoms with van der Waals surface area (Å²) in [6, 6.07) is 7.27. The van der Waals surface area contributed by atoms with Crippen LogP contribution in [0.4, 0.5) is 17.3 Å². The summed E-state index contributed by atoms with van der Waals surface area (Å²) in [5.74, 6) is -1.85. The molecule has 3 aromatic rings. The average molecular weight is 594 g/mol. The minimum absolute atomic E-state index is 0.0438. The van der Waals surface area contributed by atoms with Crippen molar-refractivity contribution < 1.29 is 33.4 Å². The van der Waals surface area contributed by atoms with Crippen LogP contribution >= 0.6 is 0 Å². The molecule has 14 nitrogen and oxygen atoms in total. The second-order valence-electron chi connectivity index (χ2n) is 9.47. The van der Waals surface area contributed by atoms with Crippen LogP contribution in [0.2, 0.25) is 0 Å². The number of benzene rings is 1. The SMILES string of the molecule is CCOC(=O)CCC(NC(=O)c1ccc(N(C)Cc2cnc3cc(NC(C)=O)nc(NC(C)=O)c3n2)cc1)C(=O)OCC. The first-order chi connectivity index (χ1) is 20.5. The molecule has 0 bridgehead atoms. The number of nitrogens with one attached hydrogen (secondary N) is 3. The van der Waals surface area contributed by atoms with Gasteiger partial charge in [-0.05, 0) is 44.5 Å². The number of nitrogens with zero attached hydrogens (tertiary/aromatic N) is 4. The van der Waals surface area contributed by atoms with Crippen LogP contribution in [0.5, 0.6) is 0 Å². The second-order valence-corrected chi connectivity index (χ2v) is 9.47. The van der Waals surface area contributed by atoms with Gasteiger partial charge < -0.3 is 30.3 Å². The van der Waals surface area contributed by atoms with Gasteiger partial charge in [0.05, 0.1) is 37.2 Å². The molecule has 14 heteroatoms. The van der Waals surface area contributed by atoms with Gasteiger partial charge >= 0.3 is 11.9 Å². The highest BCUT2D eigenvalue weighted by Crippen LogP contribution is 2.23. The van der Waals surface area contributed by atoms with Crippen LogP contribution in [-0.4, -0.2) is 70.9 Å². The number of aromatic nitrogens is 3. The van der Waals surface area contributed by atoms with Gasteiger partial charge in [0.1, 0.15) is 17.4 Å². The zero-order chi connectivity index (χ0) is 31.5. The molecule has 0 aliphatic rings. The van der Waals surface area contributed by atoms with Crippen LogP contribution in [0, 0.1) is 0 Å². The largest absolute Gasteiger partial charge is 0.466 e. The summed E-state index contributed by atoms with van der Waals surface area (Å²) < 4.78 is 9.96. The number of rotatable bonds is 13. The molecule has 1 aromatic carbocycles. The van der Waals surface area contributed by atoms with Crippen molar-refractivity contribution >= 4 is 58.0 Å². The molecule has 43 heavy (non-hydrogen) atoms. The molecular formula is C29H35N7O7. The van der Waals surface area contributed by atoms with E-state index in [4.69, 9.17) is 9.47 Å². The summed E-state index contributed by atoms with van der Waals surface area (Å²) in [6.45, 7) is 6.72. The number of amides is 3. The van der Waals surface area contributed by atoms with Gasteiger partial charge in [0, 0.05) is 44.6 Å². The van der Waals surface area contributed by atoms with E-state index in [1.54, 1.807) is 50.4 Å². The van der Waals surface area contributed by atoms with Crippen LogP contribution in [0.25, 0.3) is 11.0 Å². The molecule has 1 atom stereocenters. The van der Waals surface area contributed by atoms with Crippen molar-refractivity contribution in [1.82, 2.24) is 20.3 Å². The van der Waals surface area contributed by atoms with Gasteiger partial charge in [-0.1, -0.05) is 0 Å². The maximum atomic E-state index is 12.9. The predicted octanol–water partition coefficient (Wildman–Crippen LogP) is 2.58. The molecule has 0 fully saturated rings. The van der Waals surface area contributed by atoms with E-state index in [1.165, 1.54) is 13.8 Å². The summed E-state index contributed by atoms with van der Waals surface area (Å²) in [7, 11) is 1.83. The Balaban J connectivity index is 1.73. The fraction of sp³-hybridized carbons (Fsp3) is 0.379. The van der Waals surface area contributed by atoms with Gasteiger partial charge in [-0.3, -0.25) is 24.2 Å². The highest BCUT2D eigenvalue weighted by atomic mass is 16.5. The highest BCUT2D eigenvalue weighted by Gasteiger charge is 2.24. The van der Waals surface area contributed by atoms with E-state index in [2.05, 4.69) is 30.9 Å². The lowest BCUT2D eigenvalue weighted by atomic mass is 10.1. The fourth-order valence-corrected chi connectivity index (χ4v) is 4.05. The van der Waals surface area contributed by atoms with Crippen LogP contribution in [-0.2, 0) is 35.2 Å². The van der Waals surface area contributed by atoms with Gasteiger partial charge in [0.25, 0.3) is 5.91 Å². The Morgan fingerprint density at radius 1 is 0.930 bits per heavy atom. The maximum absolute atomic E-state index is 12.9. The van der Waals surface area contributed by atoms with Crippen molar-refractivity contribution in [2.45, 2.75) is 53.1 Å². The molecule has 2 heterocycles. The van der Waals surface area contributed by atoms with E-state index < -0.39 is 23.9 Å². The Morgan fingerprint density at radius 3 is 2.23 bits per heavy atom. The number of carbonyl (C=O) groups is 5. The standard InChI is InChI=1S/C29H35N7O7/c1-6-42-25(39)13-12-22(29(41)43-7-2)34-28(40)19-8-10-21(11-9-19)36(5)16-20-15-30-23-14-24(31-17(3)37)35-27(26(23)33-20)32-18(4)38/h8-11,14-15,22H,6-7,12-13,16H2,1-5H3,(H,34,40)(H2,31,32,35,37,38).